The van der Waals surface area contributed by atoms with Gasteiger partial charge in [-0.05, 0) is 14.1 Å². The van der Waals surface area contributed by atoms with Crippen LogP contribution in [-0.2, 0) is 10.0 Å². The molecule has 0 aliphatic carbocycles. The van der Waals surface area contributed by atoms with Crippen LogP contribution in [0.2, 0.25) is 0 Å². The van der Waals surface area contributed by atoms with Gasteiger partial charge in [-0.15, -0.1) is 0 Å². The summed E-state index contributed by atoms with van der Waals surface area (Å²) in [7, 11) is 0.804. The van der Waals surface area contributed by atoms with Crippen molar-refractivity contribution in [3.05, 3.63) is 0 Å². The van der Waals surface area contributed by atoms with Gasteiger partial charge in [-0.3, -0.25) is 0 Å². The summed E-state index contributed by atoms with van der Waals surface area (Å²) in [5, 5.41) is 3.03. The molecule has 0 radical (unpaired) electrons. The van der Waals surface area contributed by atoms with Crippen molar-refractivity contribution >= 4 is 10.0 Å². The zero-order valence-electron chi connectivity index (χ0n) is 9.02. The summed E-state index contributed by atoms with van der Waals surface area (Å²) in [6.45, 7) is 2.92. The van der Waals surface area contributed by atoms with Crippen LogP contribution in [0.3, 0.4) is 0 Å². The van der Waals surface area contributed by atoms with Crippen molar-refractivity contribution in [2.75, 3.05) is 46.5 Å². The monoisotopic (exact) mass is 221 g/mol. The first-order valence-corrected chi connectivity index (χ1v) is 6.60. The van der Waals surface area contributed by atoms with Crippen LogP contribution in [0.4, 0.5) is 0 Å². The molecule has 14 heavy (non-hydrogen) atoms. The van der Waals surface area contributed by atoms with Gasteiger partial charge in [0.1, 0.15) is 0 Å². The lowest BCUT2D eigenvalue weighted by Crippen LogP contribution is -2.56. The fourth-order valence-corrected chi connectivity index (χ4v) is 2.93. The Hall–Kier alpha value is -0.170. The average molecular weight is 221 g/mol. The summed E-state index contributed by atoms with van der Waals surface area (Å²) in [6, 6.07) is 0.0637. The molecule has 1 saturated heterocycles. The molecule has 6 heteroatoms. The molecule has 1 aliphatic rings. The topological polar surface area (TPSA) is 52.6 Å². The SMILES string of the molecule is CNCC1CN(C)CCN1S(C)(=O)=O. The second-order valence-corrected chi connectivity index (χ2v) is 5.78. The summed E-state index contributed by atoms with van der Waals surface area (Å²) >= 11 is 0. The molecule has 1 N–H and O–H groups in total. The van der Waals surface area contributed by atoms with Gasteiger partial charge in [0.25, 0.3) is 0 Å². The highest BCUT2D eigenvalue weighted by molar-refractivity contribution is 7.88. The molecule has 1 atom stereocenters. The smallest absolute Gasteiger partial charge is 0.211 e. The Morgan fingerprint density at radius 2 is 2.07 bits per heavy atom. The minimum Gasteiger partial charge on any atom is -0.318 e. The lowest BCUT2D eigenvalue weighted by atomic mass is 10.2. The number of piperazine rings is 1. The first-order valence-electron chi connectivity index (χ1n) is 4.75. The van der Waals surface area contributed by atoms with E-state index in [9.17, 15) is 8.42 Å². The number of hydrogen-bond acceptors (Lipinski definition) is 4. The summed E-state index contributed by atoms with van der Waals surface area (Å²) in [6.07, 6.45) is 1.28. The van der Waals surface area contributed by atoms with Gasteiger partial charge in [0.15, 0.2) is 0 Å². The Balaban J connectivity index is 2.72. The van der Waals surface area contributed by atoms with Crippen molar-refractivity contribution in [2.24, 2.45) is 0 Å². The van der Waals surface area contributed by atoms with E-state index >= 15 is 0 Å². The molecule has 0 aromatic rings. The normalized spacial score (nSPS) is 26.6. The maximum Gasteiger partial charge on any atom is 0.211 e. The molecule has 1 unspecified atom stereocenters. The Bertz CT molecular complexity index is 278. The van der Waals surface area contributed by atoms with E-state index in [2.05, 4.69) is 10.2 Å². The molecule has 5 nitrogen and oxygen atoms in total. The molecular formula is C8H19N3O2S. The van der Waals surface area contributed by atoms with Gasteiger partial charge in [0, 0.05) is 32.2 Å². The van der Waals surface area contributed by atoms with Gasteiger partial charge in [-0.25, -0.2) is 8.42 Å². The Kier molecular flexibility index (Phi) is 3.88. The quantitative estimate of drug-likeness (QED) is 0.649. The Labute approximate surface area is 86.1 Å². The van der Waals surface area contributed by atoms with E-state index in [1.165, 1.54) is 6.26 Å². The van der Waals surface area contributed by atoms with E-state index in [-0.39, 0.29) is 6.04 Å². The van der Waals surface area contributed by atoms with Crippen molar-refractivity contribution < 1.29 is 8.42 Å². The molecule has 0 spiro atoms. The second kappa shape index (κ2) is 4.57. The fraction of sp³-hybridized carbons (Fsp3) is 1.00. The summed E-state index contributed by atoms with van der Waals surface area (Å²) in [5.74, 6) is 0. The van der Waals surface area contributed by atoms with Gasteiger partial charge in [0.05, 0.1) is 6.26 Å². The molecule has 0 saturated carbocycles. The Morgan fingerprint density at radius 3 is 2.57 bits per heavy atom. The minimum absolute atomic E-state index is 0.0637. The van der Waals surface area contributed by atoms with Gasteiger partial charge < -0.3 is 10.2 Å². The van der Waals surface area contributed by atoms with Gasteiger partial charge >= 0.3 is 0 Å². The van der Waals surface area contributed by atoms with E-state index in [1.54, 1.807) is 4.31 Å². The van der Waals surface area contributed by atoms with Crippen LogP contribution in [0.5, 0.6) is 0 Å². The van der Waals surface area contributed by atoms with Gasteiger partial charge in [-0.1, -0.05) is 0 Å². The standard InChI is InChI=1S/C8H19N3O2S/c1-9-6-8-7-10(2)4-5-11(8)14(3,12)13/h8-9H,4-7H2,1-3H3. The maximum atomic E-state index is 11.5. The van der Waals surface area contributed by atoms with Crippen LogP contribution < -0.4 is 5.32 Å². The van der Waals surface area contributed by atoms with Crippen molar-refractivity contribution in [3.63, 3.8) is 0 Å². The molecule has 0 bridgehead atoms. The third kappa shape index (κ3) is 2.91. The second-order valence-electron chi connectivity index (χ2n) is 3.85. The molecule has 84 valence electrons. The van der Waals surface area contributed by atoms with E-state index < -0.39 is 10.0 Å². The van der Waals surface area contributed by atoms with Crippen LogP contribution in [0.1, 0.15) is 0 Å². The molecule has 1 fully saturated rings. The molecule has 0 aromatic heterocycles. The van der Waals surface area contributed by atoms with E-state index in [1.807, 2.05) is 14.1 Å². The third-order valence-electron chi connectivity index (χ3n) is 2.50. The van der Waals surface area contributed by atoms with Gasteiger partial charge in [0.2, 0.25) is 10.0 Å². The van der Waals surface area contributed by atoms with E-state index in [0.29, 0.717) is 13.1 Å². The van der Waals surface area contributed by atoms with Gasteiger partial charge in [-0.2, -0.15) is 4.31 Å². The molecule has 1 rings (SSSR count). The summed E-state index contributed by atoms with van der Waals surface area (Å²) in [4.78, 5) is 2.16. The number of nitrogens with one attached hydrogen (secondary N) is 1. The lowest BCUT2D eigenvalue weighted by molar-refractivity contribution is 0.160. The largest absolute Gasteiger partial charge is 0.318 e. The molecule has 0 aromatic carbocycles. The predicted molar refractivity (Wildman–Crippen MR) is 56.8 cm³/mol. The average Bonchev–Trinajstić information content (AvgIpc) is 2.02. The van der Waals surface area contributed by atoms with Crippen LogP contribution >= 0.6 is 0 Å². The van der Waals surface area contributed by atoms with Crippen LogP contribution in [0, 0.1) is 0 Å². The summed E-state index contributed by atoms with van der Waals surface area (Å²) in [5.41, 5.74) is 0. The van der Waals surface area contributed by atoms with Crippen LogP contribution in [0.25, 0.3) is 0 Å². The number of rotatable bonds is 3. The van der Waals surface area contributed by atoms with Crippen molar-refractivity contribution in [3.8, 4) is 0 Å². The van der Waals surface area contributed by atoms with Crippen molar-refractivity contribution in [2.45, 2.75) is 6.04 Å². The predicted octanol–water partition coefficient (Wildman–Crippen LogP) is -1.22. The van der Waals surface area contributed by atoms with E-state index in [4.69, 9.17) is 0 Å². The number of hydrogen-bond donors (Lipinski definition) is 1. The van der Waals surface area contributed by atoms with E-state index in [0.717, 1.165) is 13.1 Å². The molecular weight excluding hydrogens is 202 g/mol. The lowest BCUT2D eigenvalue weighted by Gasteiger charge is -2.38. The third-order valence-corrected chi connectivity index (χ3v) is 3.83. The molecule has 1 aliphatic heterocycles. The highest BCUT2D eigenvalue weighted by Crippen LogP contribution is 2.11. The number of nitrogens with zero attached hydrogens (tertiary/aromatic N) is 2. The van der Waals surface area contributed by atoms with Crippen LogP contribution in [0.15, 0.2) is 0 Å². The molecule has 0 amide bonds. The number of likely N-dealkylation sites (N-methyl/N-ethyl adjacent to an activating group) is 2. The first-order chi connectivity index (χ1) is 6.45. The Morgan fingerprint density at radius 1 is 1.43 bits per heavy atom. The maximum absolute atomic E-state index is 11.5. The highest BCUT2D eigenvalue weighted by atomic mass is 32.2. The highest BCUT2D eigenvalue weighted by Gasteiger charge is 2.30. The zero-order valence-corrected chi connectivity index (χ0v) is 9.84. The molecule has 1 heterocycles. The zero-order chi connectivity index (χ0) is 10.8. The minimum atomic E-state index is -3.05. The number of sulfonamides is 1. The first kappa shape index (κ1) is 11.9. The van der Waals surface area contributed by atoms with Crippen molar-refractivity contribution in [1.82, 2.24) is 14.5 Å². The van der Waals surface area contributed by atoms with Crippen LogP contribution in [-0.4, -0.2) is 70.2 Å². The fourth-order valence-electron chi connectivity index (χ4n) is 1.83. The summed E-state index contributed by atoms with van der Waals surface area (Å²) < 4.78 is 24.5. The van der Waals surface area contributed by atoms with Crippen molar-refractivity contribution in [1.29, 1.82) is 0 Å².